The first-order valence-electron chi connectivity index (χ1n) is 4.39. The van der Waals surface area contributed by atoms with E-state index in [1.54, 1.807) is 0 Å². The second-order valence-corrected chi connectivity index (χ2v) is 3.49. The highest BCUT2D eigenvalue weighted by atomic mass is 16.4. The smallest absolute Gasteiger partial charge is 0.362 e. The zero-order valence-corrected chi connectivity index (χ0v) is 7.97. The summed E-state index contributed by atoms with van der Waals surface area (Å²) in [5.74, 6) is -0.785. The van der Waals surface area contributed by atoms with Gasteiger partial charge >= 0.3 is 5.97 Å². The van der Waals surface area contributed by atoms with Crippen molar-refractivity contribution in [3.8, 4) is 0 Å². The van der Waals surface area contributed by atoms with Gasteiger partial charge in [0.25, 0.3) is 0 Å². The van der Waals surface area contributed by atoms with E-state index in [1.165, 1.54) is 4.90 Å². The SMILES string of the molecule is C[NH+](C)CCCC[C@H]([NH3+])C(=O)O. The Morgan fingerprint density at radius 2 is 2.08 bits per heavy atom. The third kappa shape index (κ3) is 6.12. The lowest BCUT2D eigenvalue weighted by molar-refractivity contribution is -0.858. The van der Waals surface area contributed by atoms with Crippen LogP contribution in [0.15, 0.2) is 0 Å². The van der Waals surface area contributed by atoms with Crippen molar-refractivity contribution in [3.05, 3.63) is 0 Å². The van der Waals surface area contributed by atoms with Crippen LogP contribution < -0.4 is 10.6 Å². The van der Waals surface area contributed by atoms with Gasteiger partial charge in [-0.05, 0) is 12.8 Å². The minimum Gasteiger partial charge on any atom is -0.477 e. The van der Waals surface area contributed by atoms with Gasteiger partial charge in [-0.3, -0.25) is 0 Å². The van der Waals surface area contributed by atoms with Crippen LogP contribution in [0, 0.1) is 0 Å². The molecule has 0 aromatic rings. The summed E-state index contributed by atoms with van der Waals surface area (Å²) in [5, 5.41) is 8.52. The molecule has 0 aliphatic carbocycles. The molecule has 72 valence electrons. The lowest BCUT2D eigenvalue weighted by Gasteiger charge is -2.06. The first-order chi connectivity index (χ1) is 5.54. The molecule has 0 aromatic carbocycles. The fourth-order valence-corrected chi connectivity index (χ4v) is 0.993. The number of hydrogen-bond donors (Lipinski definition) is 3. The fourth-order valence-electron chi connectivity index (χ4n) is 0.993. The summed E-state index contributed by atoms with van der Waals surface area (Å²) >= 11 is 0. The highest BCUT2D eigenvalue weighted by molar-refractivity contribution is 5.71. The molecule has 0 radical (unpaired) electrons. The maximum Gasteiger partial charge on any atom is 0.362 e. The number of carboxylic acid groups (broad SMARTS) is 1. The molecule has 12 heavy (non-hydrogen) atoms. The second-order valence-electron chi connectivity index (χ2n) is 3.49. The number of carboxylic acids is 1. The predicted octanol–water partition coefficient (Wildman–Crippen LogP) is -2.00. The number of carbonyl (C=O) groups is 1. The summed E-state index contributed by atoms with van der Waals surface area (Å²) in [7, 11) is 4.19. The van der Waals surface area contributed by atoms with Crippen LogP contribution in [0.25, 0.3) is 0 Å². The predicted molar refractivity (Wildman–Crippen MR) is 45.8 cm³/mol. The molecule has 1 atom stereocenters. The Balaban J connectivity index is 3.25. The minimum absolute atomic E-state index is 0.429. The number of quaternary nitrogens is 2. The molecule has 0 unspecified atom stereocenters. The topological polar surface area (TPSA) is 69.4 Å². The Labute approximate surface area is 73.3 Å². The van der Waals surface area contributed by atoms with Crippen LogP contribution in [0.3, 0.4) is 0 Å². The molecule has 4 heteroatoms. The standard InChI is InChI=1S/C8H18N2O2/c1-10(2)6-4-3-5-7(9)8(11)12/h7H,3-6,9H2,1-2H3,(H,11,12)/p+2/t7-/m0/s1. The maximum absolute atomic E-state index is 10.4. The van der Waals surface area contributed by atoms with Gasteiger partial charge in [-0.15, -0.1) is 0 Å². The van der Waals surface area contributed by atoms with Gasteiger partial charge in [-0.2, -0.15) is 0 Å². The first kappa shape index (κ1) is 11.4. The molecule has 5 N–H and O–H groups in total. The summed E-state index contributed by atoms with van der Waals surface area (Å²) in [6, 6.07) is -0.429. The van der Waals surface area contributed by atoms with Gasteiger partial charge in [0.1, 0.15) is 0 Å². The highest BCUT2D eigenvalue weighted by Crippen LogP contribution is 1.95. The summed E-state index contributed by atoms with van der Waals surface area (Å²) in [4.78, 5) is 11.8. The lowest BCUT2D eigenvalue weighted by atomic mass is 10.1. The molecule has 0 aliphatic heterocycles. The molecule has 4 nitrogen and oxygen atoms in total. The van der Waals surface area contributed by atoms with Crippen molar-refractivity contribution in [2.75, 3.05) is 20.6 Å². The number of nitrogens with one attached hydrogen (secondary N) is 1. The van der Waals surface area contributed by atoms with Gasteiger partial charge in [-0.1, -0.05) is 0 Å². The van der Waals surface area contributed by atoms with E-state index in [2.05, 4.69) is 19.8 Å². The van der Waals surface area contributed by atoms with Crippen molar-refractivity contribution < 1.29 is 20.5 Å². The van der Waals surface area contributed by atoms with Gasteiger partial charge in [0.2, 0.25) is 0 Å². The molecule has 0 amide bonds. The zero-order valence-electron chi connectivity index (χ0n) is 7.97. The van der Waals surface area contributed by atoms with E-state index in [0.29, 0.717) is 6.42 Å². The fraction of sp³-hybridized carbons (Fsp3) is 0.875. The van der Waals surface area contributed by atoms with Crippen LogP contribution in [0.4, 0.5) is 0 Å². The molecule has 0 aromatic heterocycles. The van der Waals surface area contributed by atoms with Gasteiger partial charge in [0.05, 0.1) is 20.6 Å². The van der Waals surface area contributed by atoms with E-state index in [-0.39, 0.29) is 0 Å². The molecular weight excluding hydrogens is 156 g/mol. The third-order valence-electron chi connectivity index (χ3n) is 1.83. The second kappa shape index (κ2) is 5.97. The number of rotatable bonds is 6. The van der Waals surface area contributed by atoms with Gasteiger partial charge < -0.3 is 15.7 Å². The zero-order chi connectivity index (χ0) is 9.56. The van der Waals surface area contributed by atoms with Crippen molar-refractivity contribution in [2.24, 2.45) is 0 Å². The van der Waals surface area contributed by atoms with Crippen molar-refractivity contribution in [1.29, 1.82) is 0 Å². The van der Waals surface area contributed by atoms with E-state index < -0.39 is 12.0 Å². The van der Waals surface area contributed by atoms with Crippen molar-refractivity contribution >= 4 is 5.97 Å². The van der Waals surface area contributed by atoms with E-state index >= 15 is 0 Å². The van der Waals surface area contributed by atoms with E-state index in [9.17, 15) is 4.79 Å². The average Bonchev–Trinajstić information content (AvgIpc) is 1.97. The molecule has 0 fully saturated rings. The monoisotopic (exact) mass is 176 g/mol. The lowest BCUT2D eigenvalue weighted by Crippen LogP contribution is -3.05. The van der Waals surface area contributed by atoms with Crippen LogP contribution >= 0.6 is 0 Å². The van der Waals surface area contributed by atoms with Crippen LogP contribution in [-0.2, 0) is 4.79 Å². The maximum atomic E-state index is 10.4. The highest BCUT2D eigenvalue weighted by Gasteiger charge is 2.14. The van der Waals surface area contributed by atoms with Gasteiger partial charge in [-0.25, -0.2) is 4.79 Å². The average molecular weight is 176 g/mol. The van der Waals surface area contributed by atoms with Crippen LogP contribution in [-0.4, -0.2) is 37.8 Å². The van der Waals surface area contributed by atoms with E-state index in [1.807, 2.05) is 0 Å². The number of unbranched alkanes of at least 4 members (excludes halogenated alkanes) is 1. The molecule has 0 aliphatic rings. The largest absolute Gasteiger partial charge is 0.477 e. The van der Waals surface area contributed by atoms with Crippen molar-refractivity contribution in [3.63, 3.8) is 0 Å². The molecular formula is C8H20N2O2+2. The molecule has 0 saturated heterocycles. The van der Waals surface area contributed by atoms with Gasteiger partial charge in [0, 0.05) is 6.42 Å². The number of aliphatic carboxylic acids is 1. The van der Waals surface area contributed by atoms with Crippen LogP contribution in [0.5, 0.6) is 0 Å². The first-order valence-corrected chi connectivity index (χ1v) is 4.39. The quantitative estimate of drug-likeness (QED) is 0.410. The molecule has 0 heterocycles. The van der Waals surface area contributed by atoms with Gasteiger partial charge in [0.15, 0.2) is 6.04 Å². The molecule has 0 bridgehead atoms. The van der Waals surface area contributed by atoms with Crippen LogP contribution in [0.1, 0.15) is 19.3 Å². The van der Waals surface area contributed by atoms with Crippen molar-refractivity contribution in [2.45, 2.75) is 25.3 Å². The van der Waals surface area contributed by atoms with Crippen LogP contribution in [0.2, 0.25) is 0 Å². The Hall–Kier alpha value is -0.610. The van der Waals surface area contributed by atoms with E-state index in [4.69, 9.17) is 5.11 Å². The number of hydrogen-bond acceptors (Lipinski definition) is 1. The van der Waals surface area contributed by atoms with E-state index in [0.717, 1.165) is 19.4 Å². The normalized spacial score (nSPS) is 13.3. The molecule has 0 saturated carbocycles. The summed E-state index contributed by atoms with van der Waals surface area (Å²) in [5.41, 5.74) is 3.55. The third-order valence-corrected chi connectivity index (χ3v) is 1.83. The Morgan fingerprint density at radius 3 is 2.50 bits per heavy atom. The van der Waals surface area contributed by atoms with Crippen molar-refractivity contribution in [1.82, 2.24) is 0 Å². The Morgan fingerprint density at radius 1 is 1.50 bits per heavy atom. The summed E-state index contributed by atoms with van der Waals surface area (Å²) < 4.78 is 0. The molecule has 0 rings (SSSR count). The Kier molecular flexibility index (Phi) is 5.66. The summed E-state index contributed by atoms with van der Waals surface area (Å²) in [6.07, 6.45) is 2.75. The summed E-state index contributed by atoms with van der Waals surface area (Å²) in [6.45, 7) is 1.10. The Bertz CT molecular complexity index is 137. The molecule has 0 spiro atoms. The minimum atomic E-state index is -0.785.